The van der Waals surface area contributed by atoms with Gasteiger partial charge in [0.05, 0.1) is 16.5 Å². The van der Waals surface area contributed by atoms with E-state index in [1.807, 2.05) is 17.7 Å². The first kappa shape index (κ1) is 21.0. The van der Waals surface area contributed by atoms with Crippen LogP contribution < -0.4 is 4.72 Å². The number of carbonyl (C=O) groups is 2. The number of carbonyl (C=O) groups excluding carboxylic acids is 2. The van der Waals surface area contributed by atoms with E-state index in [1.54, 1.807) is 48.5 Å². The lowest BCUT2D eigenvalue weighted by Crippen LogP contribution is -2.32. The average Bonchev–Trinajstić information content (AvgIpc) is 2.75. The zero-order chi connectivity index (χ0) is 21.7. The Labute approximate surface area is 174 Å². The van der Waals surface area contributed by atoms with Crippen LogP contribution in [0.5, 0.6) is 0 Å². The molecule has 3 aromatic carbocycles. The minimum Gasteiger partial charge on any atom is -0.292 e. The molecular formula is C23H18N2O4S. The third-order valence-corrected chi connectivity index (χ3v) is 5.87. The van der Waals surface area contributed by atoms with Crippen LogP contribution >= 0.6 is 0 Å². The molecule has 0 radical (unpaired) electrons. The van der Waals surface area contributed by atoms with Crippen molar-refractivity contribution in [2.45, 2.75) is 17.7 Å². The third-order valence-electron chi connectivity index (χ3n) is 4.52. The summed E-state index contributed by atoms with van der Waals surface area (Å²) in [7, 11) is -4.12. The second-order valence-electron chi connectivity index (χ2n) is 6.63. The fourth-order valence-electron chi connectivity index (χ4n) is 2.93. The molecule has 150 valence electrons. The van der Waals surface area contributed by atoms with Gasteiger partial charge in [-0.15, -0.1) is 0 Å². The molecule has 0 fully saturated rings. The maximum absolute atomic E-state index is 13.0. The van der Waals surface area contributed by atoms with Crippen LogP contribution in [-0.2, 0) is 10.0 Å². The minimum atomic E-state index is -4.12. The van der Waals surface area contributed by atoms with Crippen molar-refractivity contribution in [3.63, 3.8) is 0 Å². The van der Waals surface area contributed by atoms with Gasteiger partial charge in [0.15, 0.2) is 5.78 Å². The number of sulfonamides is 1. The van der Waals surface area contributed by atoms with E-state index in [-0.39, 0.29) is 16.0 Å². The molecule has 0 heterocycles. The number of hydrogen-bond donors (Lipinski definition) is 1. The Hall–Kier alpha value is -3.76. The zero-order valence-corrected chi connectivity index (χ0v) is 16.9. The highest BCUT2D eigenvalue weighted by Gasteiger charge is 2.27. The van der Waals surface area contributed by atoms with Crippen LogP contribution in [0, 0.1) is 18.3 Å². The molecule has 1 amide bonds. The first-order valence-corrected chi connectivity index (χ1v) is 10.5. The molecule has 0 aliphatic heterocycles. The lowest BCUT2D eigenvalue weighted by Gasteiger charge is -2.13. The molecule has 0 saturated carbocycles. The van der Waals surface area contributed by atoms with Crippen molar-refractivity contribution < 1.29 is 18.0 Å². The number of benzene rings is 3. The number of nitriles is 1. The summed E-state index contributed by atoms with van der Waals surface area (Å²) < 4.78 is 27.1. The maximum Gasteiger partial charge on any atom is 0.265 e. The van der Waals surface area contributed by atoms with E-state index in [4.69, 9.17) is 0 Å². The lowest BCUT2D eigenvalue weighted by atomic mass is 9.89. The molecule has 1 unspecified atom stereocenters. The highest BCUT2D eigenvalue weighted by molar-refractivity contribution is 7.90. The summed E-state index contributed by atoms with van der Waals surface area (Å²) >= 11 is 0. The van der Waals surface area contributed by atoms with Crippen molar-refractivity contribution in [1.82, 2.24) is 4.72 Å². The molecule has 1 atom stereocenters. The molecule has 0 saturated heterocycles. The van der Waals surface area contributed by atoms with Crippen molar-refractivity contribution in [2.24, 2.45) is 0 Å². The molecule has 0 spiro atoms. The normalized spacial score (nSPS) is 11.9. The fraction of sp³-hybridized carbons (Fsp3) is 0.0870. The van der Waals surface area contributed by atoms with Crippen LogP contribution in [-0.4, -0.2) is 20.1 Å². The molecule has 0 bridgehead atoms. The van der Waals surface area contributed by atoms with Gasteiger partial charge in [-0.25, -0.2) is 13.1 Å². The van der Waals surface area contributed by atoms with Crippen LogP contribution in [0.1, 0.15) is 37.8 Å². The number of nitrogens with one attached hydrogen (secondary N) is 1. The number of amides is 1. The van der Waals surface area contributed by atoms with Crippen LogP contribution in [0.3, 0.4) is 0 Å². The summed E-state index contributed by atoms with van der Waals surface area (Å²) in [5.74, 6) is -2.64. The van der Waals surface area contributed by atoms with Crippen molar-refractivity contribution in [3.8, 4) is 6.07 Å². The highest BCUT2D eigenvalue weighted by Crippen LogP contribution is 2.23. The Kier molecular flexibility index (Phi) is 6.09. The zero-order valence-electron chi connectivity index (χ0n) is 16.1. The van der Waals surface area contributed by atoms with Crippen molar-refractivity contribution in [3.05, 3.63) is 101 Å². The van der Waals surface area contributed by atoms with Gasteiger partial charge >= 0.3 is 0 Å². The number of rotatable bonds is 6. The summed E-state index contributed by atoms with van der Waals surface area (Å²) in [5.41, 5.74) is 1.23. The molecule has 0 aliphatic rings. The van der Waals surface area contributed by atoms with Crippen LogP contribution in [0.15, 0.2) is 83.8 Å². The Balaban J connectivity index is 1.93. The van der Waals surface area contributed by atoms with Gasteiger partial charge in [0.25, 0.3) is 15.9 Å². The largest absolute Gasteiger partial charge is 0.292 e. The Morgan fingerprint density at radius 1 is 0.867 bits per heavy atom. The molecule has 6 nitrogen and oxygen atoms in total. The topological polar surface area (TPSA) is 104 Å². The lowest BCUT2D eigenvalue weighted by molar-refractivity contribution is 0.0946. The minimum absolute atomic E-state index is 0.0236. The van der Waals surface area contributed by atoms with Gasteiger partial charge in [0.1, 0.15) is 5.92 Å². The number of aryl methyl sites for hydroxylation is 1. The van der Waals surface area contributed by atoms with Crippen LogP contribution in [0.25, 0.3) is 0 Å². The predicted octanol–water partition coefficient (Wildman–Crippen LogP) is 3.60. The summed E-state index contributed by atoms with van der Waals surface area (Å²) in [5, 5.41) is 9.53. The van der Waals surface area contributed by atoms with E-state index in [2.05, 4.69) is 0 Å². The summed E-state index contributed by atoms with van der Waals surface area (Å²) in [6, 6.07) is 22.3. The van der Waals surface area contributed by atoms with E-state index in [9.17, 15) is 23.3 Å². The smallest absolute Gasteiger partial charge is 0.265 e. The Morgan fingerprint density at radius 2 is 1.43 bits per heavy atom. The Bertz CT molecular complexity index is 1230. The summed E-state index contributed by atoms with van der Waals surface area (Å²) in [6.45, 7) is 1.81. The van der Waals surface area contributed by atoms with Gasteiger partial charge in [-0.1, -0.05) is 66.2 Å². The maximum atomic E-state index is 13.0. The van der Waals surface area contributed by atoms with Gasteiger partial charge in [-0.3, -0.25) is 9.59 Å². The van der Waals surface area contributed by atoms with Gasteiger partial charge < -0.3 is 0 Å². The quantitative estimate of drug-likeness (QED) is 0.616. The van der Waals surface area contributed by atoms with E-state index in [1.165, 1.54) is 30.3 Å². The second-order valence-corrected chi connectivity index (χ2v) is 8.31. The highest BCUT2D eigenvalue weighted by atomic mass is 32.2. The van der Waals surface area contributed by atoms with Gasteiger partial charge in [-0.2, -0.15) is 5.26 Å². The molecule has 3 aromatic rings. The number of hydrogen-bond acceptors (Lipinski definition) is 5. The summed E-state index contributed by atoms with van der Waals surface area (Å²) in [4.78, 5) is 25.7. The SMILES string of the molecule is Cc1ccc(S(=O)(=O)NC(=O)c2ccccc2C(=O)C(C#N)c2ccccc2)cc1. The molecule has 3 rings (SSSR count). The molecule has 0 aromatic heterocycles. The van der Waals surface area contributed by atoms with E-state index in [0.29, 0.717) is 5.56 Å². The standard InChI is InChI=1S/C23H18N2O4S/c1-16-11-13-18(14-12-16)30(28,29)25-23(27)20-10-6-5-9-19(20)22(26)21(15-24)17-7-3-2-4-8-17/h2-14,21H,1H3,(H,25,27). The molecule has 7 heteroatoms. The summed E-state index contributed by atoms with van der Waals surface area (Å²) in [6.07, 6.45) is 0. The molecule has 30 heavy (non-hydrogen) atoms. The fourth-order valence-corrected chi connectivity index (χ4v) is 3.90. The van der Waals surface area contributed by atoms with Crippen LogP contribution in [0.2, 0.25) is 0 Å². The van der Waals surface area contributed by atoms with Crippen molar-refractivity contribution >= 4 is 21.7 Å². The van der Waals surface area contributed by atoms with E-state index in [0.717, 1.165) is 5.56 Å². The average molecular weight is 418 g/mol. The first-order valence-electron chi connectivity index (χ1n) is 9.05. The van der Waals surface area contributed by atoms with Crippen molar-refractivity contribution in [1.29, 1.82) is 5.26 Å². The van der Waals surface area contributed by atoms with Gasteiger partial charge in [0, 0.05) is 5.56 Å². The van der Waals surface area contributed by atoms with Gasteiger partial charge in [-0.05, 0) is 30.7 Å². The molecule has 1 N–H and O–H groups in total. The monoisotopic (exact) mass is 418 g/mol. The number of Topliss-reactive ketones (excluding diaryl/α,β-unsaturated/α-hetero) is 1. The first-order chi connectivity index (χ1) is 14.3. The van der Waals surface area contributed by atoms with Crippen molar-refractivity contribution in [2.75, 3.05) is 0 Å². The molecule has 0 aliphatic carbocycles. The predicted molar refractivity (Wildman–Crippen MR) is 111 cm³/mol. The third kappa shape index (κ3) is 4.45. The van der Waals surface area contributed by atoms with Crippen LogP contribution in [0.4, 0.5) is 0 Å². The van der Waals surface area contributed by atoms with E-state index >= 15 is 0 Å². The second kappa shape index (κ2) is 8.72. The molecular weight excluding hydrogens is 400 g/mol. The van der Waals surface area contributed by atoms with E-state index < -0.39 is 27.6 Å². The number of ketones is 1. The van der Waals surface area contributed by atoms with Gasteiger partial charge in [0.2, 0.25) is 0 Å². The number of nitrogens with zero attached hydrogens (tertiary/aromatic N) is 1. The Morgan fingerprint density at radius 3 is 2.03 bits per heavy atom.